The lowest BCUT2D eigenvalue weighted by atomic mass is 10.2. The monoisotopic (exact) mass is 259 g/mol. The van der Waals surface area contributed by atoms with Crippen molar-refractivity contribution in [2.24, 2.45) is 5.14 Å². The molecule has 0 atom stereocenters. The molecule has 1 aromatic carbocycles. The highest BCUT2D eigenvalue weighted by Gasteiger charge is 2.06. The first kappa shape index (κ1) is 12.9. The molecule has 7 heteroatoms. The van der Waals surface area contributed by atoms with Crippen LogP contribution < -0.4 is 15.8 Å². The van der Waals surface area contributed by atoms with E-state index in [2.05, 4.69) is 10.6 Å². The standard InChI is InChI=1S/C9H13N3O2S2/c1-11-9(15)12-6-7-2-4-8(5-3-7)16(10,13)14/h2-5H,6H2,1H3,(H2,10,13,14)(H2,11,12,15). The highest BCUT2D eigenvalue weighted by molar-refractivity contribution is 7.89. The Labute approximate surface area is 100 Å². The molecular weight excluding hydrogens is 246 g/mol. The maximum absolute atomic E-state index is 11.0. The quantitative estimate of drug-likeness (QED) is 0.662. The summed E-state index contributed by atoms with van der Waals surface area (Å²) >= 11 is 4.90. The van der Waals surface area contributed by atoms with E-state index in [0.717, 1.165) is 5.56 Å². The maximum Gasteiger partial charge on any atom is 0.238 e. The van der Waals surface area contributed by atoms with E-state index in [0.29, 0.717) is 11.7 Å². The molecule has 0 aliphatic heterocycles. The van der Waals surface area contributed by atoms with Crippen molar-refractivity contribution >= 4 is 27.4 Å². The van der Waals surface area contributed by atoms with Gasteiger partial charge in [-0.05, 0) is 29.9 Å². The number of thiocarbonyl (C=S) groups is 1. The van der Waals surface area contributed by atoms with Crippen molar-refractivity contribution in [1.82, 2.24) is 10.6 Å². The summed E-state index contributed by atoms with van der Waals surface area (Å²) in [5, 5.41) is 11.2. The minimum Gasteiger partial charge on any atom is -0.366 e. The van der Waals surface area contributed by atoms with Crippen LogP contribution in [-0.2, 0) is 16.6 Å². The molecule has 0 heterocycles. The van der Waals surface area contributed by atoms with Gasteiger partial charge in [-0.1, -0.05) is 12.1 Å². The largest absolute Gasteiger partial charge is 0.366 e. The Morgan fingerprint density at radius 3 is 2.38 bits per heavy atom. The van der Waals surface area contributed by atoms with E-state index >= 15 is 0 Å². The van der Waals surface area contributed by atoms with Gasteiger partial charge in [0.1, 0.15) is 0 Å². The molecule has 88 valence electrons. The minimum atomic E-state index is -3.61. The second-order valence-corrected chi connectivity index (χ2v) is 5.09. The molecule has 0 spiro atoms. The number of hydrogen-bond donors (Lipinski definition) is 3. The lowest BCUT2D eigenvalue weighted by Gasteiger charge is -2.07. The first-order valence-corrected chi connectivity index (χ1v) is 6.46. The molecule has 0 radical (unpaired) electrons. The Morgan fingerprint density at radius 1 is 1.38 bits per heavy atom. The van der Waals surface area contributed by atoms with Crippen molar-refractivity contribution in [3.8, 4) is 0 Å². The summed E-state index contributed by atoms with van der Waals surface area (Å²) in [6.45, 7) is 0.532. The Morgan fingerprint density at radius 2 is 1.94 bits per heavy atom. The zero-order valence-electron chi connectivity index (χ0n) is 8.73. The Balaban J connectivity index is 2.69. The molecule has 0 unspecified atom stereocenters. The summed E-state index contributed by atoms with van der Waals surface area (Å²) in [4.78, 5) is 0.104. The van der Waals surface area contributed by atoms with Crippen LogP contribution in [0.15, 0.2) is 29.2 Å². The van der Waals surface area contributed by atoms with Gasteiger partial charge in [-0.3, -0.25) is 0 Å². The topological polar surface area (TPSA) is 84.2 Å². The summed E-state index contributed by atoms with van der Waals surface area (Å²) in [5.41, 5.74) is 0.921. The summed E-state index contributed by atoms with van der Waals surface area (Å²) in [7, 11) is -1.89. The average Bonchev–Trinajstić information content (AvgIpc) is 2.25. The van der Waals surface area contributed by atoms with Gasteiger partial charge in [-0.2, -0.15) is 0 Å². The number of benzene rings is 1. The first-order valence-electron chi connectivity index (χ1n) is 4.51. The molecule has 4 N–H and O–H groups in total. The van der Waals surface area contributed by atoms with Gasteiger partial charge in [0.15, 0.2) is 5.11 Å². The van der Waals surface area contributed by atoms with Crippen LogP contribution in [0.5, 0.6) is 0 Å². The summed E-state index contributed by atoms with van der Waals surface area (Å²) in [5.74, 6) is 0. The molecule has 1 aromatic rings. The Bertz CT molecular complexity index is 468. The molecule has 5 nitrogen and oxygen atoms in total. The Kier molecular flexibility index (Phi) is 4.22. The number of nitrogens with one attached hydrogen (secondary N) is 2. The van der Waals surface area contributed by atoms with Crippen LogP contribution in [0.1, 0.15) is 5.56 Å². The van der Waals surface area contributed by atoms with E-state index in [9.17, 15) is 8.42 Å². The molecule has 0 saturated heterocycles. The van der Waals surface area contributed by atoms with Crippen molar-refractivity contribution in [2.45, 2.75) is 11.4 Å². The number of sulfonamides is 1. The Hall–Kier alpha value is -1.18. The van der Waals surface area contributed by atoms with Gasteiger partial charge in [-0.15, -0.1) is 0 Å². The number of nitrogens with two attached hydrogens (primary N) is 1. The van der Waals surface area contributed by atoms with Gasteiger partial charge in [0.25, 0.3) is 0 Å². The van der Waals surface area contributed by atoms with Gasteiger partial charge >= 0.3 is 0 Å². The third kappa shape index (κ3) is 3.76. The summed E-state index contributed by atoms with van der Waals surface area (Å²) in [6, 6.07) is 6.31. The van der Waals surface area contributed by atoms with Crippen LogP contribution in [0, 0.1) is 0 Å². The molecule has 0 aromatic heterocycles. The lowest BCUT2D eigenvalue weighted by Crippen LogP contribution is -2.31. The zero-order chi connectivity index (χ0) is 12.2. The second-order valence-electron chi connectivity index (χ2n) is 3.12. The fraction of sp³-hybridized carbons (Fsp3) is 0.222. The summed E-state index contributed by atoms with van der Waals surface area (Å²) < 4.78 is 22.0. The fourth-order valence-electron chi connectivity index (χ4n) is 1.07. The predicted molar refractivity (Wildman–Crippen MR) is 66.3 cm³/mol. The molecule has 16 heavy (non-hydrogen) atoms. The highest BCUT2D eigenvalue weighted by Crippen LogP contribution is 2.08. The number of hydrogen-bond acceptors (Lipinski definition) is 3. The van der Waals surface area contributed by atoms with Gasteiger partial charge in [0.05, 0.1) is 4.90 Å². The van der Waals surface area contributed by atoms with E-state index < -0.39 is 10.0 Å². The molecule has 0 amide bonds. The van der Waals surface area contributed by atoms with Crippen molar-refractivity contribution in [3.05, 3.63) is 29.8 Å². The van der Waals surface area contributed by atoms with Crippen molar-refractivity contribution in [3.63, 3.8) is 0 Å². The van der Waals surface area contributed by atoms with Crippen LogP contribution in [0.2, 0.25) is 0 Å². The molecule has 0 bridgehead atoms. The van der Waals surface area contributed by atoms with E-state index in [-0.39, 0.29) is 4.90 Å². The zero-order valence-corrected chi connectivity index (χ0v) is 10.4. The molecule has 0 aliphatic carbocycles. The molecule has 0 fully saturated rings. The van der Waals surface area contributed by atoms with Gasteiger partial charge in [0, 0.05) is 13.6 Å². The molecule has 0 saturated carbocycles. The third-order valence-corrected chi connectivity index (χ3v) is 3.21. The SMILES string of the molecule is CNC(=S)NCc1ccc(S(N)(=O)=O)cc1. The first-order chi connectivity index (χ1) is 7.43. The van der Waals surface area contributed by atoms with E-state index in [1.54, 1.807) is 19.2 Å². The third-order valence-electron chi connectivity index (χ3n) is 1.93. The van der Waals surface area contributed by atoms with E-state index in [4.69, 9.17) is 17.4 Å². The van der Waals surface area contributed by atoms with Crippen LogP contribution in [0.3, 0.4) is 0 Å². The normalized spacial score (nSPS) is 10.9. The van der Waals surface area contributed by atoms with Gasteiger partial charge in [0.2, 0.25) is 10.0 Å². The summed E-state index contributed by atoms with van der Waals surface area (Å²) in [6.07, 6.45) is 0. The van der Waals surface area contributed by atoms with Crippen LogP contribution in [-0.4, -0.2) is 20.6 Å². The van der Waals surface area contributed by atoms with Gasteiger partial charge < -0.3 is 10.6 Å². The maximum atomic E-state index is 11.0. The predicted octanol–water partition coefficient (Wildman–Crippen LogP) is -0.0721. The van der Waals surface area contributed by atoms with E-state index in [1.165, 1.54) is 12.1 Å². The molecule has 0 aliphatic rings. The van der Waals surface area contributed by atoms with Crippen molar-refractivity contribution < 1.29 is 8.42 Å². The highest BCUT2D eigenvalue weighted by atomic mass is 32.2. The van der Waals surface area contributed by atoms with Crippen LogP contribution >= 0.6 is 12.2 Å². The lowest BCUT2D eigenvalue weighted by molar-refractivity contribution is 0.597. The second kappa shape index (κ2) is 5.24. The molecular formula is C9H13N3O2S2. The van der Waals surface area contributed by atoms with Crippen molar-refractivity contribution in [1.29, 1.82) is 0 Å². The van der Waals surface area contributed by atoms with Crippen LogP contribution in [0.4, 0.5) is 0 Å². The number of primary sulfonamides is 1. The van der Waals surface area contributed by atoms with E-state index in [1.807, 2.05) is 0 Å². The minimum absolute atomic E-state index is 0.104. The number of rotatable bonds is 3. The fourth-order valence-corrected chi connectivity index (χ4v) is 1.66. The molecule has 1 rings (SSSR count). The average molecular weight is 259 g/mol. The van der Waals surface area contributed by atoms with Gasteiger partial charge in [-0.25, -0.2) is 13.6 Å². The van der Waals surface area contributed by atoms with Crippen molar-refractivity contribution in [2.75, 3.05) is 7.05 Å². The van der Waals surface area contributed by atoms with Crippen LogP contribution in [0.25, 0.3) is 0 Å². The smallest absolute Gasteiger partial charge is 0.238 e.